The molecule has 1 fully saturated rings. The number of non-ortho nitro benzene ring substituents is 1. The van der Waals surface area contributed by atoms with Crippen molar-refractivity contribution in [1.82, 2.24) is 20.2 Å². The maximum Gasteiger partial charge on any atom is 0.285 e. The molecule has 0 spiro atoms. The van der Waals surface area contributed by atoms with Gasteiger partial charge in [-0.3, -0.25) is 25.1 Å². The van der Waals surface area contributed by atoms with Crippen LogP contribution in [0.4, 0.5) is 5.69 Å². The van der Waals surface area contributed by atoms with Crippen LogP contribution in [0.2, 0.25) is 0 Å². The van der Waals surface area contributed by atoms with Gasteiger partial charge in [0.25, 0.3) is 17.5 Å². The van der Waals surface area contributed by atoms with Crippen molar-refractivity contribution in [2.24, 2.45) is 0 Å². The molecule has 1 saturated heterocycles. The molecule has 3 aromatic carbocycles. The van der Waals surface area contributed by atoms with Crippen LogP contribution in [0.15, 0.2) is 90.0 Å². The van der Waals surface area contributed by atoms with Crippen molar-refractivity contribution in [3.8, 4) is 16.9 Å². The predicted molar refractivity (Wildman–Crippen MR) is 149 cm³/mol. The number of hydrogen-bond donors (Lipinski definition) is 1. The number of aromatic nitrogens is 2. The molecule has 0 aliphatic carbocycles. The first-order valence-corrected chi connectivity index (χ1v) is 12.6. The number of nitro groups is 1. The third-order valence-corrected chi connectivity index (χ3v) is 7.02. The zero-order valence-electron chi connectivity index (χ0n) is 19.9. The van der Waals surface area contributed by atoms with Crippen molar-refractivity contribution in [3.05, 3.63) is 117 Å². The Bertz CT molecular complexity index is 1600. The summed E-state index contributed by atoms with van der Waals surface area (Å²) >= 11 is 6.43. The van der Waals surface area contributed by atoms with Crippen LogP contribution in [0.3, 0.4) is 0 Å². The van der Waals surface area contributed by atoms with Gasteiger partial charge in [0, 0.05) is 35.0 Å². The first kappa shape index (κ1) is 25.1. The van der Waals surface area contributed by atoms with Gasteiger partial charge in [-0.15, -0.1) is 0 Å². The second-order valence-electron chi connectivity index (χ2n) is 8.34. The van der Waals surface area contributed by atoms with Crippen LogP contribution in [-0.2, 0) is 4.79 Å². The third-order valence-electron chi connectivity index (χ3n) is 5.72. The number of hydrogen-bond acceptors (Lipinski definition) is 7. The van der Waals surface area contributed by atoms with Gasteiger partial charge >= 0.3 is 0 Å². The molecular formula is C27H19N5O4S2. The van der Waals surface area contributed by atoms with Gasteiger partial charge in [0.15, 0.2) is 4.32 Å². The van der Waals surface area contributed by atoms with E-state index < -0.39 is 16.7 Å². The number of para-hydroxylation sites is 1. The van der Waals surface area contributed by atoms with Gasteiger partial charge in [0.2, 0.25) is 0 Å². The van der Waals surface area contributed by atoms with E-state index in [1.807, 2.05) is 49.4 Å². The summed E-state index contributed by atoms with van der Waals surface area (Å²) in [6.07, 6.45) is 3.42. The molecule has 188 valence electrons. The lowest BCUT2D eigenvalue weighted by Crippen LogP contribution is -2.44. The average molecular weight is 542 g/mol. The summed E-state index contributed by atoms with van der Waals surface area (Å²) in [7, 11) is 0. The first-order valence-electron chi connectivity index (χ1n) is 11.4. The Morgan fingerprint density at radius 2 is 1.74 bits per heavy atom. The second kappa shape index (κ2) is 10.4. The van der Waals surface area contributed by atoms with Crippen LogP contribution in [0.5, 0.6) is 0 Å². The Morgan fingerprint density at radius 1 is 1.05 bits per heavy atom. The highest BCUT2D eigenvalue weighted by Gasteiger charge is 2.34. The number of carbonyl (C=O) groups excluding carboxylic acids is 2. The smallest absolute Gasteiger partial charge is 0.267 e. The maximum absolute atomic E-state index is 13.2. The van der Waals surface area contributed by atoms with Gasteiger partial charge in [-0.2, -0.15) is 10.1 Å². The highest BCUT2D eigenvalue weighted by Crippen LogP contribution is 2.34. The Balaban J connectivity index is 1.48. The largest absolute Gasteiger partial charge is 0.285 e. The van der Waals surface area contributed by atoms with Crippen LogP contribution < -0.4 is 5.43 Å². The maximum atomic E-state index is 13.2. The highest BCUT2D eigenvalue weighted by molar-refractivity contribution is 8.26. The Kier molecular flexibility index (Phi) is 6.86. The first-order chi connectivity index (χ1) is 18.3. The van der Waals surface area contributed by atoms with Crippen LogP contribution >= 0.6 is 24.0 Å². The number of thiocarbonyl (C=S) groups is 1. The minimum absolute atomic E-state index is 0.0389. The fourth-order valence-electron chi connectivity index (χ4n) is 3.75. The van der Waals surface area contributed by atoms with Gasteiger partial charge in [-0.05, 0) is 61.6 Å². The van der Waals surface area contributed by atoms with Gasteiger partial charge in [-0.25, -0.2) is 4.68 Å². The summed E-state index contributed by atoms with van der Waals surface area (Å²) in [4.78, 5) is 36.8. The van der Waals surface area contributed by atoms with Crippen molar-refractivity contribution in [2.75, 3.05) is 0 Å². The number of nitrogens with one attached hydrogen (secondary N) is 1. The number of hydrazine groups is 1. The molecule has 0 unspecified atom stereocenters. The van der Waals surface area contributed by atoms with E-state index in [1.165, 1.54) is 12.1 Å². The number of carbonyl (C=O) groups is 2. The van der Waals surface area contributed by atoms with E-state index in [0.29, 0.717) is 27.3 Å². The summed E-state index contributed by atoms with van der Waals surface area (Å²) in [5, 5.41) is 16.9. The SMILES string of the molecule is Cc1ccc(C(=O)NN2C(=O)/C(=C/c3cn(-c4ccccc4)nc3-c3ccc([N+](=O)[O-])cc3)SC2=S)cc1. The van der Waals surface area contributed by atoms with E-state index in [2.05, 4.69) is 5.43 Å². The number of thioether (sulfide) groups is 1. The number of nitrogens with zero attached hydrogens (tertiary/aromatic N) is 4. The molecule has 5 rings (SSSR count). The molecule has 0 saturated carbocycles. The highest BCUT2D eigenvalue weighted by atomic mass is 32.2. The van der Waals surface area contributed by atoms with Crippen LogP contribution in [-0.4, -0.2) is 35.8 Å². The van der Waals surface area contributed by atoms with Gasteiger partial charge in [0.05, 0.1) is 21.2 Å². The van der Waals surface area contributed by atoms with Crippen LogP contribution in [0.25, 0.3) is 23.0 Å². The third kappa shape index (κ3) is 5.10. The summed E-state index contributed by atoms with van der Waals surface area (Å²) in [6.45, 7) is 1.92. The van der Waals surface area contributed by atoms with Gasteiger partial charge in [0.1, 0.15) is 0 Å². The number of benzene rings is 3. The number of nitro benzene ring substituents is 1. The zero-order valence-corrected chi connectivity index (χ0v) is 21.5. The Labute approximate surface area is 226 Å². The van der Waals surface area contributed by atoms with E-state index in [-0.39, 0.29) is 10.0 Å². The van der Waals surface area contributed by atoms with Gasteiger partial charge < -0.3 is 0 Å². The van der Waals surface area contributed by atoms with Crippen molar-refractivity contribution in [2.45, 2.75) is 6.92 Å². The monoisotopic (exact) mass is 541 g/mol. The van der Waals surface area contributed by atoms with Crippen molar-refractivity contribution >= 4 is 51.9 Å². The van der Waals surface area contributed by atoms with E-state index in [9.17, 15) is 19.7 Å². The summed E-state index contributed by atoms with van der Waals surface area (Å²) < 4.78 is 1.86. The van der Waals surface area contributed by atoms with Crippen LogP contribution in [0, 0.1) is 17.0 Å². The summed E-state index contributed by atoms with van der Waals surface area (Å²) in [5.41, 5.74) is 6.52. The molecule has 0 bridgehead atoms. The second-order valence-corrected chi connectivity index (χ2v) is 10.0. The van der Waals surface area contributed by atoms with E-state index in [0.717, 1.165) is 28.0 Å². The van der Waals surface area contributed by atoms with E-state index >= 15 is 0 Å². The average Bonchev–Trinajstić information content (AvgIpc) is 3.46. The standard InChI is InChI=1S/C27H19N5O4S2/c1-17-7-9-19(10-8-17)25(33)29-31-26(34)23(38-27(31)37)15-20-16-30(21-5-3-2-4-6-21)28-24(20)18-11-13-22(14-12-18)32(35)36/h2-16H,1H3,(H,29,33)/b23-15-. The summed E-state index contributed by atoms with van der Waals surface area (Å²) in [6, 6.07) is 22.4. The molecule has 4 aromatic rings. The van der Waals surface area contributed by atoms with E-state index in [1.54, 1.807) is 41.2 Å². The minimum Gasteiger partial charge on any atom is -0.267 e. The molecular weight excluding hydrogens is 522 g/mol. The molecule has 2 heterocycles. The predicted octanol–water partition coefficient (Wildman–Crippen LogP) is 5.30. The number of aryl methyl sites for hydroxylation is 1. The number of amides is 2. The fraction of sp³-hybridized carbons (Fsp3) is 0.0370. The van der Waals surface area contributed by atoms with Crippen molar-refractivity contribution in [3.63, 3.8) is 0 Å². The fourth-order valence-corrected chi connectivity index (χ4v) is 4.92. The van der Waals surface area contributed by atoms with Crippen molar-refractivity contribution in [1.29, 1.82) is 0 Å². The molecule has 2 amide bonds. The lowest BCUT2D eigenvalue weighted by atomic mass is 10.1. The number of rotatable bonds is 6. The quantitative estimate of drug-likeness (QED) is 0.153. The molecule has 1 N–H and O–H groups in total. The van der Waals surface area contributed by atoms with Gasteiger partial charge in [-0.1, -0.05) is 47.7 Å². The molecule has 1 aliphatic rings. The normalized spacial score (nSPS) is 14.2. The molecule has 38 heavy (non-hydrogen) atoms. The lowest BCUT2D eigenvalue weighted by Gasteiger charge is -2.15. The topological polar surface area (TPSA) is 110 Å². The van der Waals surface area contributed by atoms with E-state index in [4.69, 9.17) is 17.3 Å². The summed E-state index contributed by atoms with van der Waals surface area (Å²) in [5.74, 6) is -0.923. The molecule has 1 aromatic heterocycles. The lowest BCUT2D eigenvalue weighted by molar-refractivity contribution is -0.384. The molecule has 0 atom stereocenters. The molecule has 11 heteroatoms. The zero-order chi connectivity index (χ0) is 26.8. The molecule has 0 radical (unpaired) electrons. The Hall–Kier alpha value is -4.61. The molecule has 1 aliphatic heterocycles. The Morgan fingerprint density at radius 3 is 2.39 bits per heavy atom. The minimum atomic E-state index is -0.470. The molecule has 9 nitrogen and oxygen atoms in total. The van der Waals surface area contributed by atoms with Crippen LogP contribution in [0.1, 0.15) is 21.5 Å². The van der Waals surface area contributed by atoms with Crippen molar-refractivity contribution < 1.29 is 14.5 Å².